The smallest absolute Gasteiger partial charge is 0.364 e. The molecule has 0 fully saturated rings. The van der Waals surface area contributed by atoms with Crippen molar-refractivity contribution in [3.8, 4) is 5.75 Å². The van der Waals surface area contributed by atoms with Gasteiger partial charge in [0.15, 0.2) is 0 Å². The standard InChI is InChI=1S/C11H7O2.ClH/c1-2-9-11-8(4-6-12-9)5-7-13-10(11)3-1;/h1-7H;1H/q+1;/p-1. The van der Waals surface area contributed by atoms with Crippen LogP contribution in [0.4, 0.5) is 0 Å². The lowest BCUT2D eigenvalue weighted by molar-refractivity contribution is -0.00000328. The zero-order valence-electron chi connectivity index (χ0n) is 7.24. The van der Waals surface area contributed by atoms with Gasteiger partial charge in [-0.1, -0.05) is 0 Å². The Morgan fingerprint density at radius 2 is 2.07 bits per heavy atom. The van der Waals surface area contributed by atoms with Gasteiger partial charge in [0.1, 0.15) is 11.1 Å². The van der Waals surface area contributed by atoms with Crippen LogP contribution in [0, 0.1) is 0 Å². The maximum atomic E-state index is 5.35. The van der Waals surface area contributed by atoms with Gasteiger partial charge in [-0.3, -0.25) is 0 Å². The fourth-order valence-corrected chi connectivity index (χ4v) is 1.58. The Hall–Kier alpha value is -1.54. The Morgan fingerprint density at radius 3 is 3.00 bits per heavy atom. The number of ether oxygens (including phenoxy) is 1. The third-order valence-corrected chi connectivity index (χ3v) is 2.16. The van der Waals surface area contributed by atoms with Crippen molar-refractivity contribution in [2.75, 3.05) is 0 Å². The molecule has 3 rings (SSSR count). The van der Waals surface area contributed by atoms with Crippen LogP contribution < -0.4 is 17.1 Å². The van der Waals surface area contributed by atoms with E-state index in [-0.39, 0.29) is 12.4 Å². The van der Waals surface area contributed by atoms with Crippen LogP contribution in [0.5, 0.6) is 5.75 Å². The van der Waals surface area contributed by atoms with E-state index in [2.05, 4.69) is 0 Å². The fourth-order valence-electron chi connectivity index (χ4n) is 1.58. The molecule has 2 aromatic rings. The van der Waals surface area contributed by atoms with Gasteiger partial charge in [0.25, 0.3) is 0 Å². The predicted octanol–water partition coefficient (Wildman–Crippen LogP) is 0.0810. The van der Waals surface area contributed by atoms with E-state index in [0.29, 0.717) is 0 Å². The summed E-state index contributed by atoms with van der Waals surface area (Å²) in [6.45, 7) is 0. The molecule has 2 nitrogen and oxygen atoms in total. The quantitative estimate of drug-likeness (QED) is 0.570. The normalized spacial score (nSPS) is 12.0. The van der Waals surface area contributed by atoms with Crippen LogP contribution in [0.3, 0.4) is 0 Å². The first-order valence-electron chi connectivity index (χ1n) is 4.12. The van der Waals surface area contributed by atoms with E-state index in [4.69, 9.17) is 9.15 Å². The molecule has 1 aromatic heterocycles. The van der Waals surface area contributed by atoms with E-state index in [1.807, 2.05) is 30.3 Å². The maximum absolute atomic E-state index is 5.35. The molecule has 1 aliphatic heterocycles. The van der Waals surface area contributed by atoms with E-state index >= 15 is 0 Å². The van der Waals surface area contributed by atoms with Gasteiger partial charge in [-0.2, -0.15) is 0 Å². The number of hydrogen-bond acceptors (Lipinski definition) is 1. The van der Waals surface area contributed by atoms with Crippen LogP contribution >= 0.6 is 0 Å². The summed E-state index contributed by atoms with van der Waals surface area (Å²) in [5.41, 5.74) is 2.00. The van der Waals surface area contributed by atoms with Crippen molar-refractivity contribution in [2.24, 2.45) is 0 Å². The first kappa shape index (κ1) is 9.03. The maximum Gasteiger partial charge on any atom is 0.364 e. The van der Waals surface area contributed by atoms with Gasteiger partial charge in [0.05, 0.1) is 6.26 Å². The van der Waals surface area contributed by atoms with E-state index in [9.17, 15) is 0 Å². The molecule has 1 aromatic carbocycles. The first-order chi connectivity index (χ1) is 6.45. The van der Waals surface area contributed by atoms with Crippen LogP contribution in [0.15, 0.2) is 41.2 Å². The molecular formula is C11H7ClO2. The van der Waals surface area contributed by atoms with Gasteiger partial charge in [0, 0.05) is 17.7 Å². The van der Waals surface area contributed by atoms with Crippen molar-refractivity contribution < 1.29 is 21.6 Å². The molecule has 0 amide bonds. The summed E-state index contributed by atoms with van der Waals surface area (Å²) in [6.07, 6.45) is 5.32. The van der Waals surface area contributed by atoms with Crippen molar-refractivity contribution in [2.45, 2.75) is 0 Å². The molecule has 14 heavy (non-hydrogen) atoms. The van der Waals surface area contributed by atoms with Crippen LogP contribution in [-0.4, -0.2) is 0 Å². The minimum atomic E-state index is 0. The molecule has 0 unspecified atom stereocenters. The van der Waals surface area contributed by atoms with Crippen molar-refractivity contribution in [1.82, 2.24) is 0 Å². The Kier molecular flexibility index (Phi) is 2.14. The van der Waals surface area contributed by atoms with E-state index in [1.54, 1.807) is 12.5 Å². The molecule has 3 heteroatoms. The molecule has 0 atom stereocenters. The van der Waals surface area contributed by atoms with E-state index in [0.717, 1.165) is 22.3 Å². The van der Waals surface area contributed by atoms with Gasteiger partial charge in [0.2, 0.25) is 0 Å². The Bertz CT molecular complexity index is 500. The first-order valence-corrected chi connectivity index (χ1v) is 4.12. The summed E-state index contributed by atoms with van der Waals surface area (Å²) < 4.78 is 10.7. The van der Waals surface area contributed by atoms with E-state index < -0.39 is 0 Å². The molecule has 0 N–H and O–H groups in total. The highest BCUT2D eigenvalue weighted by atomic mass is 35.5. The van der Waals surface area contributed by atoms with Gasteiger partial charge < -0.3 is 17.1 Å². The zero-order chi connectivity index (χ0) is 8.67. The molecular weight excluding hydrogens is 200 g/mol. The molecule has 0 bridgehead atoms. The highest BCUT2D eigenvalue weighted by molar-refractivity contribution is 5.92. The highest BCUT2D eigenvalue weighted by Crippen LogP contribution is 2.32. The van der Waals surface area contributed by atoms with Crippen molar-refractivity contribution >= 4 is 17.0 Å². The molecule has 0 spiro atoms. The summed E-state index contributed by atoms with van der Waals surface area (Å²) in [7, 11) is 0. The molecule has 1 aliphatic rings. The third-order valence-electron chi connectivity index (χ3n) is 2.16. The van der Waals surface area contributed by atoms with E-state index in [1.165, 1.54) is 0 Å². The van der Waals surface area contributed by atoms with Gasteiger partial charge in [-0.25, -0.2) is 4.42 Å². The SMILES string of the molecule is C1=Cc2cc[o+]c3cccc(c23)O1.[Cl-]. The summed E-state index contributed by atoms with van der Waals surface area (Å²) in [4.78, 5) is 0. The minimum absolute atomic E-state index is 0. The molecule has 0 radical (unpaired) electrons. The average molecular weight is 207 g/mol. The zero-order valence-corrected chi connectivity index (χ0v) is 7.99. The monoisotopic (exact) mass is 206 g/mol. The van der Waals surface area contributed by atoms with Crippen LogP contribution in [0.2, 0.25) is 0 Å². The van der Waals surface area contributed by atoms with Crippen LogP contribution in [-0.2, 0) is 0 Å². The lowest BCUT2D eigenvalue weighted by Crippen LogP contribution is -3.00. The second kappa shape index (κ2) is 3.31. The molecule has 0 aliphatic carbocycles. The number of halogens is 1. The molecule has 0 saturated carbocycles. The van der Waals surface area contributed by atoms with Crippen LogP contribution in [0.25, 0.3) is 17.0 Å². The fraction of sp³-hybridized carbons (Fsp3) is 0. The summed E-state index contributed by atoms with van der Waals surface area (Å²) in [6, 6.07) is 7.73. The Morgan fingerprint density at radius 1 is 1.14 bits per heavy atom. The molecule has 2 heterocycles. The predicted molar refractivity (Wildman–Crippen MR) is 50.3 cm³/mol. The summed E-state index contributed by atoms with van der Waals surface area (Å²) in [5, 5.41) is 1.05. The lowest BCUT2D eigenvalue weighted by Gasteiger charge is -2.07. The van der Waals surface area contributed by atoms with Crippen molar-refractivity contribution in [3.05, 3.63) is 42.4 Å². The lowest BCUT2D eigenvalue weighted by atomic mass is 10.1. The number of benzene rings is 1. The molecule has 0 saturated heterocycles. The van der Waals surface area contributed by atoms with Crippen LogP contribution in [0.1, 0.15) is 5.56 Å². The third kappa shape index (κ3) is 1.16. The topological polar surface area (TPSA) is 20.5 Å². The van der Waals surface area contributed by atoms with Crippen molar-refractivity contribution in [3.63, 3.8) is 0 Å². The number of rotatable bonds is 0. The summed E-state index contributed by atoms with van der Waals surface area (Å²) in [5.74, 6) is 0.861. The second-order valence-electron chi connectivity index (χ2n) is 2.93. The largest absolute Gasteiger partial charge is 1.00 e. The average Bonchev–Trinajstić information content (AvgIpc) is 2.19. The Balaban J connectivity index is 0.000000750. The second-order valence-corrected chi connectivity index (χ2v) is 2.93. The Labute approximate surface area is 87.2 Å². The van der Waals surface area contributed by atoms with Gasteiger partial charge >= 0.3 is 11.8 Å². The van der Waals surface area contributed by atoms with Gasteiger partial charge in [-0.05, 0) is 18.2 Å². The highest BCUT2D eigenvalue weighted by Gasteiger charge is 2.16. The number of hydrogen-bond donors (Lipinski definition) is 0. The molecule has 70 valence electrons. The minimum Gasteiger partial charge on any atom is -1.00 e. The van der Waals surface area contributed by atoms with Crippen molar-refractivity contribution in [1.29, 1.82) is 0 Å². The summed E-state index contributed by atoms with van der Waals surface area (Å²) >= 11 is 0. The van der Waals surface area contributed by atoms with Gasteiger partial charge in [-0.15, -0.1) is 0 Å².